The Morgan fingerprint density at radius 2 is 2.00 bits per heavy atom. The van der Waals surface area contributed by atoms with Crippen LogP contribution in [0.4, 0.5) is 10.1 Å². The van der Waals surface area contributed by atoms with Crippen molar-refractivity contribution < 1.29 is 13.9 Å². The number of halogens is 1. The number of hydrogen-bond acceptors (Lipinski definition) is 3. The second-order valence-electron chi connectivity index (χ2n) is 6.53. The summed E-state index contributed by atoms with van der Waals surface area (Å²) in [6, 6.07) is 11.4. The largest absolute Gasteiger partial charge is 0.489 e. The van der Waals surface area contributed by atoms with Gasteiger partial charge in [-0.3, -0.25) is 4.79 Å². The molecule has 0 atom stereocenters. The summed E-state index contributed by atoms with van der Waals surface area (Å²) in [6.07, 6.45) is 1.22. The molecule has 136 valence electrons. The van der Waals surface area contributed by atoms with E-state index in [1.165, 1.54) is 0 Å². The van der Waals surface area contributed by atoms with Crippen LogP contribution in [0.2, 0.25) is 0 Å². The normalized spacial score (nSPS) is 14.4. The number of nitrogens with zero attached hydrogens (tertiary/aromatic N) is 1. The molecule has 1 amide bonds. The van der Waals surface area contributed by atoms with Gasteiger partial charge in [0.15, 0.2) is 0 Å². The molecule has 1 aliphatic rings. The van der Waals surface area contributed by atoms with Crippen LogP contribution in [0.25, 0.3) is 0 Å². The molecule has 0 aromatic heterocycles. The summed E-state index contributed by atoms with van der Waals surface area (Å²) in [5, 5.41) is 0. The van der Waals surface area contributed by atoms with Crippen LogP contribution in [0.15, 0.2) is 48.3 Å². The molecule has 26 heavy (non-hydrogen) atoms. The summed E-state index contributed by atoms with van der Waals surface area (Å²) in [4.78, 5) is 14.9. The summed E-state index contributed by atoms with van der Waals surface area (Å²) in [5.41, 5.74) is 10.6. The molecule has 3 rings (SSSR count). The predicted octanol–water partition coefficient (Wildman–Crippen LogP) is 3.70. The fraction of sp³-hybridized carbons (Fsp3) is 0.286. The Morgan fingerprint density at radius 3 is 2.65 bits per heavy atom. The van der Waals surface area contributed by atoms with Gasteiger partial charge in [-0.15, -0.1) is 0 Å². The molecular formula is C21H23FN2O2. The zero-order valence-electron chi connectivity index (χ0n) is 15.1. The van der Waals surface area contributed by atoms with Gasteiger partial charge in [0, 0.05) is 29.9 Å². The van der Waals surface area contributed by atoms with Crippen molar-refractivity contribution in [2.45, 2.75) is 20.3 Å². The van der Waals surface area contributed by atoms with Crippen molar-refractivity contribution in [3.05, 3.63) is 70.6 Å². The summed E-state index contributed by atoms with van der Waals surface area (Å²) < 4.78 is 18.2. The van der Waals surface area contributed by atoms with Gasteiger partial charge in [-0.25, -0.2) is 4.39 Å². The lowest BCUT2D eigenvalue weighted by Gasteiger charge is -2.31. The summed E-state index contributed by atoms with van der Waals surface area (Å²) in [6.45, 7) is 4.89. The van der Waals surface area contributed by atoms with Gasteiger partial charge >= 0.3 is 0 Å². The Labute approximate surface area is 153 Å². The fourth-order valence-corrected chi connectivity index (χ4v) is 3.31. The molecule has 5 heteroatoms. The Morgan fingerprint density at radius 1 is 1.27 bits per heavy atom. The average molecular weight is 354 g/mol. The zero-order valence-corrected chi connectivity index (χ0v) is 15.1. The molecule has 0 fully saturated rings. The second-order valence-corrected chi connectivity index (χ2v) is 6.53. The standard InChI is InChI=1S/C21H23FN2O2/c1-14-4-3-5-15(2)20(14)24-9-8-17-10-18(6-7-19(17)21(24)25)26-13-16(11-22)12-23/h3-7,10-11H,8-9,12-13,23H2,1-2H3/b16-11-. The van der Waals surface area contributed by atoms with Crippen molar-refractivity contribution in [3.63, 3.8) is 0 Å². The van der Waals surface area contributed by atoms with Crippen LogP contribution in [0.5, 0.6) is 5.75 Å². The first-order chi connectivity index (χ1) is 12.5. The minimum absolute atomic E-state index is 0.00139. The maximum atomic E-state index is 13.0. The highest BCUT2D eigenvalue weighted by Gasteiger charge is 2.27. The van der Waals surface area contributed by atoms with E-state index in [-0.39, 0.29) is 19.1 Å². The minimum Gasteiger partial charge on any atom is -0.489 e. The molecule has 2 aromatic carbocycles. The van der Waals surface area contributed by atoms with E-state index in [4.69, 9.17) is 10.5 Å². The number of nitrogens with two attached hydrogens (primary N) is 1. The molecule has 0 unspecified atom stereocenters. The van der Waals surface area contributed by atoms with Crippen LogP contribution in [0.1, 0.15) is 27.0 Å². The fourth-order valence-electron chi connectivity index (χ4n) is 3.31. The van der Waals surface area contributed by atoms with Gasteiger partial charge in [-0.1, -0.05) is 18.2 Å². The first-order valence-electron chi connectivity index (χ1n) is 8.67. The van der Waals surface area contributed by atoms with Crippen LogP contribution in [-0.4, -0.2) is 25.6 Å². The Bertz CT molecular complexity index is 841. The van der Waals surface area contributed by atoms with E-state index < -0.39 is 0 Å². The number of hydrogen-bond donors (Lipinski definition) is 1. The topological polar surface area (TPSA) is 55.6 Å². The lowest BCUT2D eigenvalue weighted by molar-refractivity contribution is 0.0980. The number of carbonyl (C=O) groups is 1. The van der Waals surface area contributed by atoms with Crippen molar-refractivity contribution in [3.8, 4) is 5.75 Å². The smallest absolute Gasteiger partial charge is 0.258 e. The Balaban J connectivity index is 1.83. The molecule has 4 nitrogen and oxygen atoms in total. The SMILES string of the molecule is Cc1cccc(C)c1N1CCc2cc(OC/C(=C\F)CN)ccc2C1=O. The molecule has 0 radical (unpaired) electrons. The number of amides is 1. The number of anilines is 1. The van der Waals surface area contributed by atoms with Gasteiger partial charge in [-0.05, 0) is 55.2 Å². The van der Waals surface area contributed by atoms with Crippen LogP contribution in [0.3, 0.4) is 0 Å². The molecule has 0 bridgehead atoms. The maximum Gasteiger partial charge on any atom is 0.258 e. The molecule has 0 saturated heterocycles. The third kappa shape index (κ3) is 3.48. The van der Waals surface area contributed by atoms with Crippen molar-refractivity contribution in [2.24, 2.45) is 5.73 Å². The van der Waals surface area contributed by atoms with Crippen LogP contribution in [-0.2, 0) is 6.42 Å². The first kappa shape index (κ1) is 18.1. The average Bonchev–Trinajstić information content (AvgIpc) is 2.64. The molecule has 0 saturated carbocycles. The van der Waals surface area contributed by atoms with Crippen molar-refractivity contribution in [2.75, 3.05) is 24.6 Å². The summed E-state index contributed by atoms with van der Waals surface area (Å²) >= 11 is 0. The van der Waals surface area contributed by atoms with E-state index in [1.807, 2.05) is 43.0 Å². The van der Waals surface area contributed by atoms with Gasteiger partial charge in [0.1, 0.15) is 12.4 Å². The van der Waals surface area contributed by atoms with Gasteiger partial charge < -0.3 is 15.4 Å². The Kier molecular flexibility index (Phi) is 5.38. The number of rotatable bonds is 5. The summed E-state index contributed by atoms with van der Waals surface area (Å²) in [5.74, 6) is 0.617. The van der Waals surface area contributed by atoms with E-state index in [0.717, 1.165) is 28.8 Å². The molecule has 1 heterocycles. The molecule has 1 aliphatic heterocycles. The van der Waals surface area contributed by atoms with E-state index in [9.17, 15) is 9.18 Å². The monoisotopic (exact) mass is 354 g/mol. The van der Waals surface area contributed by atoms with E-state index >= 15 is 0 Å². The van der Waals surface area contributed by atoms with E-state index in [1.54, 1.807) is 12.1 Å². The second kappa shape index (κ2) is 7.70. The minimum atomic E-state index is 0.00139. The number of benzene rings is 2. The highest BCUT2D eigenvalue weighted by Crippen LogP contribution is 2.31. The number of carbonyl (C=O) groups excluding carboxylic acids is 1. The quantitative estimate of drug-likeness (QED) is 0.891. The first-order valence-corrected chi connectivity index (χ1v) is 8.67. The van der Waals surface area contributed by atoms with Crippen LogP contribution < -0.4 is 15.4 Å². The van der Waals surface area contributed by atoms with Crippen molar-refractivity contribution >= 4 is 11.6 Å². The third-order valence-corrected chi connectivity index (χ3v) is 4.71. The van der Waals surface area contributed by atoms with Gasteiger partial charge in [0.2, 0.25) is 0 Å². The van der Waals surface area contributed by atoms with Gasteiger partial charge in [0.25, 0.3) is 5.91 Å². The van der Waals surface area contributed by atoms with Gasteiger partial charge in [-0.2, -0.15) is 0 Å². The highest BCUT2D eigenvalue weighted by molar-refractivity contribution is 6.09. The van der Waals surface area contributed by atoms with Crippen LogP contribution in [0, 0.1) is 13.8 Å². The van der Waals surface area contributed by atoms with Gasteiger partial charge in [0.05, 0.1) is 6.33 Å². The number of para-hydroxylation sites is 1. The lowest BCUT2D eigenvalue weighted by Crippen LogP contribution is -2.38. The number of fused-ring (bicyclic) bond motifs is 1. The van der Waals surface area contributed by atoms with Crippen molar-refractivity contribution in [1.82, 2.24) is 0 Å². The zero-order chi connectivity index (χ0) is 18.7. The Hall–Kier alpha value is -2.66. The summed E-state index contributed by atoms with van der Waals surface area (Å²) in [7, 11) is 0. The maximum absolute atomic E-state index is 13.0. The van der Waals surface area contributed by atoms with E-state index in [0.29, 0.717) is 29.8 Å². The lowest BCUT2D eigenvalue weighted by atomic mass is 9.96. The molecule has 2 aromatic rings. The van der Waals surface area contributed by atoms with Crippen LogP contribution >= 0.6 is 0 Å². The molecule has 2 N–H and O–H groups in total. The number of aryl methyl sites for hydroxylation is 2. The van der Waals surface area contributed by atoms with E-state index in [2.05, 4.69) is 0 Å². The van der Waals surface area contributed by atoms with Crippen molar-refractivity contribution in [1.29, 1.82) is 0 Å². The molecule has 0 aliphatic carbocycles. The molecule has 0 spiro atoms. The molecular weight excluding hydrogens is 331 g/mol. The third-order valence-electron chi connectivity index (χ3n) is 4.71. The predicted molar refractivity (Wildman–Crippen MR) is 101 cm³/mol. The highest BCUT2D eigenvalue weighted by atomic mass is 19.1. The number of ether oxygens (including phenoxy) is 1.